The van der Waals surface area contributed by atoms with Crippen LogP contribution >= 0.6 is 0 Å². The largest absolute Gasteiger partial charge is 0.324 e. The minimum atomic E-state index is -2.75. The van der Waals surface area contributed by atoms with E-state index < -0.39 is 52.1 Å². The normalized spacial score (nSPS) is 24.4. The molecule has 0 N–H and O–H groups in total. The van der Waals surface area contributed by atoms with Crippen LogP contribution in [0.2, 0.25) is 36.3 Å². The summed E-state index contributed by atoms with van der Waals surface area (Å²) in [4.78, 5) is 0. The van der Waals surface area contributed by atoms with E-state index in [2.05, 4.69) is 175 Å². The van der Waals surface area contributed by atoms with E-state index in [-0.39, 0.29) is 0 Å². The van der Waals surface area contributed by atoms with Crippen molar-refractivity contribution in [1.82, 2.24) is 36.5 Å². The van der Waals surface area contributed by atoms with E-state index in [4.69, 9.17) is 0 Å². The fourth-order valence-corrected chi connectivity index (χ4v) is 76.1. The van der Waals surface area contributed by atoms with Crippen LogP contribution in [0.3, 0.4) is 0 Å². The van der Waals surface area contributed by atoms with Crippen molar-refractivity contribution >= 4 is 52.1 Å². The van der Waals surface area contributed by atoms with E-state index in [1.807, 2.05) is 0 Å². The van der Waals surface area contributed by atoms with Gasteiger partial charge in [-0.05, 0) is 188 Å². The van der Waals surface area contributed by atoms with Crippen LogP contribution in [0.15, 0.2) is 0 Å². The van der Waals surface area contributed by atoms with Gasteiger partial charge in [0.2, 0.25) is 15.8 Å². The van der Waals surface area contributed by atoms with Gasteiger partial charge in [-0.2, -0.15) is 0 Å². The summed E-state index contributed by atoms with van der Waals surface area (Å²) in [6.45, 7) is 54.5. The second-order valence-corrected chi connectivity index (χ2v) is 57.8. The molecule has 530 valence electrons. The zero-order valence-corrected chi connectivity index (χ0v) is 71.8. The van der Waals surface area contributed by atoms with E-state index in [1.54, 1.807) is 30.2 Å². The molecule has 6 aliphatic rings. The fourth-order valence-electron chi connectivity index (χ4n) is 21.8. The SMILES string of the molecule is CCC(C)N([SiH2]CC[SiH](N(C(C)CC)C(C)CC)[Si](CC[Si](N(C(C)C)C1CCCCC1)(N(C(C)CC)C1CCCCC1)[SiH](CC[SiH2]N(C(C)C)C1CCCC1)N(C(C)C)C1CCCC1)(N(C(C)C)C1CCCCC1)N(C(C)CC)C1CCCCC1)C(C)CC. The first-order chi connectivity index (χ1) is 43.2. The molecule has 90 heavy (non-hydrogen) atoms. The zero-order valence-electron chi connectivity index (χ0n) is 64.7. The average molecular weight is 1360 g/mol. The van der Waals surface area contributed by atoms with Crippen molar-refractivity contribution in [3.8, 4) is 0 Å². The van der Waals surface area contributed by atoms with Gasteiger partial charge in [0.15, 0.2) is 0 Å². The van der Waals surface area contributed by atoms with Gasteiger partial charge in [0, 0.05) is 48.3 Å². The van der Waals surface area contributed by atoms with Crippen LogP contribution < -0.4 is 0 Å². The van der Waals surface area contributed by atoms with Crippen molar-refractivity contribution < 1.29 is 0 Å². The number of nitrogens with zero attached hydrogens (tertiary/aromatic N) is 8. The summed E-state index contributed by atoms with van der Waals surface area (Å²) in [7, 11) is -10.2. The molecule has 10 atom stereocenters. The van der Waals surface area contributed by atoms with Gasteiger partial charge in [0.25, 0.3) is 0 Å². The third-order valence-electron chi connectivity index (χ3n) is 26.7. The highest BCUT2D eigenvalue weighted by Crippen LogP contribution is 2.49. The van der Waals surface area contributed by atoms with Crippen LogP contribution in [0.1, 0.15) is 357 Å². The Labute approximate surface area is 574 Å². The van der Waals surface area contributed by atoms with Crippen LogP contribution in [0.4, 0.5) is 0 Å². The van der Waals surface area contributed by atoms with Gasteiger partial charge in [-0.25, -0.2) is 0 Å². The van der Waals surface area contributed by atoms with Gasteiger partial charge in [-0.3, -0.25) is 0 Å². The predicted molar refractivity (Wildman–Crippen MR) is 418 cm³/mol. The van der Waals surface area contributed by atoms with Crippen molar-refractivity contribution in [3.05, 3.63) is 0 Å². The fraction of sp³-hybridized carbons (Fsp3) is 1.00. The Hall–Kier alpha value is 0.981. The summed E-state index contributed by atoms with van der Waals surface area (Å²) < 4.78 is 28.8. The molecule has 10 unspecified atom stereocenters. The molecule has 6 aliphatic carbocycles. The van der Waals surface area contributed by atoms with E-state index in [0.717, 1.165) is 36.3 Å². The Morgan fingerprint density at radius 3 is 0.944 bits per heavy atom. The Balaban J connectivity index is 1.86. The number of hydrogen-bond donors (Lipinski definition) is 0. The van der Waals surface area contributed by atoms with Crippen molar-refractivity contribution in [2.75, 3.05) is 0 Å². The van der Waals surface area contributed by atoms with Crippen molar-refractivity contribution in [2.24, 2.45) is 0 Å². The molecule has 6 rings (SSSR count). The van der Waals surface area contributed by atoms with Crippen LogP contribution in [-0.2, 0) is 0 Å². The maximum absolute atomic E-state index is 3.81. The molecule has 6 saturated carbocycles. The third kappa shape index (κ3) is 19.9. The van der Waals surface area contributed by atoms with Gasteiger partial charge in [0.1, 0.15) is 17.0 Å². The molecule has 0 saturated heterocycles. The molecule has 0 aromatic heterocycles. The smallest absolute Gasteiger partial charge is 0.207 e. The summed E-state index contributed by atoms with van der Waals surface area (Å²) in [6, 6.07) is 20.3. The molecule has 0 aliphatic heterocycles. The van der Waals surface area contributed by atoms with Crippen molar-refractivity contribution in [2.45, 2.75) is 490 Å². The van der Waals surface area contributed by atoms with Crippen molar-refractivity contribution in [1.29, 1.82) is 0 Å². The van der Waals surface area contributed by atoms with E-state index in [1.165, 1.54) is 224 Å². The summed E-state index contributed by atoms with van der Waals surface area (Å²) in [5.41, 5.74) is 0. The van der Waals surface area contributed by atoms with Gasteiger partial charge in [0.05, 0.1) is 19.4 Å². The lowest BCUT2D eigenvalue weighted by Crippen LogP contribution is -2.87. The lowest BCUT2D eigenvalue weighted by Gasteiger charge is -2.66. The second kappa shape index (κ2) is 40.3. The van der Waals surface area contributed by atoms with Gasteiger partial charge in [-0.15, -0.1) is 0 Å². The van der Waals surface area contributed by atoms with Crippen LogP contribution in [0, 0.1) is 0 Å². The minimum absolute atomic E-state index is 0.449. The molecule has 0 amide bonds. The average Bonchev–Trinajstić information content (AvgIpc) is 0.756. The Morgan fingerprint density at radius 1 is 0.311 bits per heavy atom. The zero-order chi connectivity index (χ0) is 65.7. The van der Waals surface area contributed by atoms with Gasteiger partial charge in [-0.1, -0.05) is 253 Å². The van der Waals surface area contributed by atoms with Gasteiger partial charge < -0.3 is 36.5 Å². The number of hydrogen-bond acceptors (Lipinski definition) is 8. The first-order valence-electron chi connectivity index (χ1n) is 41.4. The monoisotopic (exact) mass is 1360 g/mol. The summed E-state index contributed by atoms with van der Waals surface area (Å²) in [5.74, 6) is 0. The maximum atomic E-state index is 3.81. The standard InChI is InChI=1S/C76H162N8Si6/c1-21-65(15)78(66(16)22-2)86-56-58-88(80(67(17)23-3)68(18)24-4)90(82(64(13)14)74-49-33-28-34-50-74,84(70(20)26-6)76-53-37-30-38-54-76)60-59-89(81(63(11)12)73-47-31-27-32-48-73,83(69(19)25-5)75-51-35-29-36-52-75)87(79(62(9)10)72-45-41-42-46-72)57-55-85-77(61(7)8)71-43-39-40-44-71/h61-76,87-88H,21-60,85-86H2,1-20H3. The Morgan fingerprint density at radius 2 is 0.611 bits per heavy atom. The molecule has 0 radical (unpaired) electrons. The highest BCUT2D eigenvalue weighted by atomic mass is 29.2. The van der Waals surface area contributed by atoms with Crippen molar-refractivity contribution in [3.63, 3.8) is 0 Å². The van der Waals surface area contributed by atoms with Crippen LogP contribution in [0.25, 0.3) is 0 Å². The highest BCUT2D eigenvalue weighted by Gasteiger charge is 2.65. The summed E-state index contributed by atoms with van der Waals surface area (Å²) in [6.07, 6.45) is 48.7. The van der Waals surface area contributed by atoms with Crippen LogP contribution in [0.5, 0.6) is 0 Å². The Kier molecular flexibility index (Phi) is 35.8. The predicted octanol–water partition coefficient (Wildman–Crippen LogP) is 18.5. The van der Waals surface area contributed by atoms with E-state index >= 15 is 0 Å². The molecule has 8 nitrogen and oxygen atoms in total. The molecule has 0 aromatic carbocycles. The summed E-state index contributed by atoms with van der Waals surface area (Å²) in [5, 5.41) is 0. The molecule has 14 heteroatoms. The quantitative estimate of drug-likeness (QED) is 0.0559. The molecule has 0 heterocycles. The maximum Gasteiger partial charge on any atom is 0.207 e. The lowest BCUT2D eigenvalue weighted by atomic mass is 9.94. The molecule has 0 aromatic rings. The lowest BCUT2D eigenvalue weighted by molar-refractivity contribution is 0.132. The molecule has 0 spiro atoms. The first kappa shape index (κ1) is 80.0. The third-order valence-corrected chi connectivity index (χ3v) is 65.4. The van der Waals surface area contributed by atoms with Crippen LogP contribution in [-0.4, -0.2) is 185 Å². The Bertz CT molecular complexity index is 1780. The number of rotatable bonds is 41. The van der Waals surface area contributed by atoms with E-state index in [9.17, 15) is 0 Å². The van der Waals surface area contributed by atoms with Gasteiger partial charge >= 0.3 is 0 Å². The molecular weight excluding hydrogens is 1190 g/mol. The second-order valence-electron chi connectivity index (χ2n) is 33.5. The minimum Gasteiger partial charge on any atom is -0.324 e. The summed E-state index contributed by atoms with van der Waals surface area (Å²) >= 11 is 0. The topological polar surface area (TPSA) is 25.9 Å². The first-order valence-corrected chi connectivity index (χ1v) is 55.2. The molecule has 0 bridgehead atoms. The van der Waals surface area contributed by atoms with E-state index in [0.29, 0.717) is 60.4 Å². The molecule has 6 fully saturated rings. The highest BCUT2D eigenvalue weighted by molar-refractivity contribution is 7.32. The molecular formula is C76H162N8Si6.